The molecule has 0 spiro atoms. The Kier molecular flexibility index (Phi) is 6.45. The molecular formula is C29H31N3O. The Balaban J connectivity index is 1.67. The van der Waals surface area contributed by atoms with Gasteiger partial charge in [-0.3, -0.25) is 4.79 Å². The molecule has 0 bridgehead atoms. The highest BCUT2D eigenvalue weighted by molar-refractivity contribution is 5.92. The molecule has 0 aliphatic heterocycles. The van der Waals surface area contributed by atoms with E-state index in [4.69, 9.17) is 4.98 Å². The molecule has 1 atom stereocenters. The molecule has 4 nitrogen and oxygen atoms in total. The van der Waals surface area contributed by atoms with Gasteiger partial charge >= 0.3 is 0 Å². The number of carbonyl (C=O) groups excluding carboxylic acids is 1. The van der Waals surface area contributed by atoms with Crippen LogP contribution in [0, 0.1) is 27.7 Å². The molecular weight excluding hydrogens is 406 g/mol. The van der Waals surface area contributed by atoms with E-state index in [0.29, 0.717) is 0 Å². The number of benzene rings is 3. The number of nitrogens with zero attached hydrogens (tertiary/aromatic N) is 2. The maximum Gasteiger partial charge on any atom is 0.244 e. The third-order valence-corrected chi connectivity index (χ3v) is 6.49. The molecule has 4 rings (SSSR count). The molecule has 168 valence electrons. The number of nitrogens with one attached hydrogen (secondary N) is 1. The Morgan fingerprint density at radius 2 is 1.61 bits per heavy atom. The van der Waals surface area contributed by atoms with E-state index >= 15 is 0 Å². The molecule has 33 heavy (non-hydrogen) atoms. The highest BCUT2D eigenvalue weighted by Gasteiger charge is 2.19. The summed E-state index contributed by atoms with van der Waals surface area (Å²) in [6, 6.07) is 20.0. The van der Waals surface area contributed by atoms with Gasteiger partial charge in [-0.05, 0) is 86.2 Å². The summed E-state index contributed by atoms with van der Waals surface area (Å²) in [6.07, 6.45) is 3.41. The lowest BCUT2D eigenvalue weighted by Gasteiger charge is -2.20. The van der Waals surface area contributed by atoms with Crippen LogP contribution >= 0.6 is 0 Å². The largest absolute Gasteiger partial charge is 0.343 e. The first-order valence-corrected chi connectivity index (χ1v) is 11.4. The first-order valence-electron chi connectivity index (χ1n) is 11.4. The quantitative estimate of drug-likeness (QED) is 0.365. The van der Waals surface area contributed by atoms with Crippen LogP contribution in [0.15, 0.2) is 66.7 Å². The summed E-state index contributed by atoms with van der Waals surface area (Å²) in [6.45, 7) is 11.4. The highest BCUT2D eigenvalue weighted by Crippen LogP contribution is 2.27. The zero-order valence-corrected chi connectivity index (χ0v) is 20.0. The Morgan fingerprint density at radius 1 is 0.970 bits per heavy atom. The molecule has 0 aliphatic rings. The SMILES string of the molecule is Cc1cc(C)c(C)c(Cn2c(C(C)NC(=O)/C=C\c3ccccc3)nc3ccccc32)c1C. The van der Waals surface area contributed by atoms with Gasteiger partial charge in [0, 0.05) is 12.6 Å². The normalized spacial score (nSPS) is 12.4. The summed E-state index contributed by atoms with van der Waals surface area (Å²) in [7, 11) is 0. The van der Waals surface area contributed by atoms with Crippen LogP contribution in [0.2, 0.25) is 0 Å². The van der Waals surface area contributed by atoms with Crippen molar-refractivity contribution < 1.29 is 4.79 Å². The number of fused-ring (bicyclic) bond motifs is 1. The second kappa shape index (κ2) is 9.45. The number of rotatable bonds is 6. The fraction of sp³-hybridized carbons (Fsp3) is 0.241. The predicted molar refractivity (Wildman–Crippen MR) is 136 cm³/mol. The second-order valence-corrected chi connectivity index (χ2v) is 8.76. The van der Waals surface area contributed by atoms with Gasteiger partial charge in [0.15, 0.2) is 0 Å². The number of amides is 1. The molecule has 3 aromatic carbocycles. The first kappa shape index (κ1) is 22.5. The summed E-state index contributed by atoms with van der Waals surface area (Å²) in [4.78, 5) is 17.6. The maximum atomic E-state index is 12.6. The third-order valence-electron chi connectivity index (χ3n) is 6.49. The molecule has 1 unspecified atom stereocenters. The standard InChI is InChI=1S/C29H31N3O/c1-19-17-20(2)22(4)25(21(19)3)18-32-27-14-10-9-13-26(27)31-29(32)23(5)30-28(33)16-15-24-11-7-6-8-12-24/h6-17,23H,18H2,1-5H3,(H,30,33)/b16-15-. The van der Waals surface area contributed by atoms with Crippen LogP contribution in [0.3, 0.4) is 0 Å². The first-order chi connectivity index (χ1) is 15.8. The lowest BCUT2D eigenvalue weighted by molar-refractivity contribution is -0.117. The fourth-order valence-corrected chi connectivity index (χ4v) is 4.35. The van der Waals surface area contributed by atoms with Gasteiger partial charge in [0.25, 0.3) is 0 Å². The summed E-state index contributed by atoms with van der Waals surface area (Å²) in [5.41, 5.74) is 9.54. The van der Waals surface area contributed by atoms with Crippen LogP contribution in [0.1, 0.15) is 52.2 Å². The molecule has 0 saturated carbocycles. The minimum atomic E-state index is -0.239. The molecule has 4 aromatic rings. The zero-order chi connectivity index (χ0) is 23.5. The fourth-order valence-electron chi connectivity index (χ4n) is 4.35. The Bertz CT molecular complexity index is 1310. The smallest absolute Gasteiger partial charge is 0.244 e. The number of aromatic nitrogens is 2. The average Bonchev–Trinajstić information content (AvgIpc) is 3.18. The number of hydrogen-bond acceptors (Lipinski definition) is 2. The molecule has 0 fully saturated rings. The van der Waals surface area contributed by atoms with Gasteiger partial charge in [0.2, 0.25) is 5.91 Å². The van der Waals surface area contributed by atoms with Crippen LogP contribution in [0.25, 0.3) is 17.1 Å². The summed E-state index contributed by atoms with van der Waals surface area (Å²) in [5.74, 6) is 0.722. The topological polar surface area (TPSA) is 46.9 Å². The van der Waals surface area contributed by atoms with E-state index in [2.05, 4.69) is 49.7 Å². The van der Waals surface area contributed by atoms with Crippen LogP contribution in [-0.2, 0) is 11.3 Å². The lowest BCUT2D eigenvalue weighted by Crippen LogP contribution is -2.27. The predicted octanol–water partition coefficient (Wildman–Crippen LogP) is 6.21. The summed E-state index contributed by atoms with van der Waals surface area (Å²) >= 11 is 0. The van der Waals surface area contributed by atoms with Gasteiger partial charge in [-0.25, -0.2) is 4.98 Å². The van der Waals surface area contributed by atoms with Gasteiger partial charge < -0.3 is 9.88 Å². The number of imidazole rings is 1. The molecule has 1 N–H and O–H groups in total. The number of carbonyl (C=O) groups is 1. The minimum absolute atomic E-state index is 0.135. The number of aryl methyl sites for hydroxylation is 2. The van der Waals surface area contributed by atoms with Crippen LogP contribution in [-0.4, -0.2) is 15.5 Å². The Hall–Kier alpha value is -3.66. The second-order valence-electron chi connectivity index (χ2n) is 8.76. The van der Waals surface area contributed by atoms with E-state index in [0.717, 1.165) is 29.0 Å². The van der Waals surface area contributed by atoms with Crippen molar-refractivity contribution in [3.05, 3.63) is 106 Å². The van der Waals surface area contributed by atoms with Crippen LogP contribution in [0.4, 0.5) is 0 Å². The third kappa shape index (κ3) is 4.75. The van der Waals surface area contributed by atoms with Crippen molar-refractivity contribution in [3.8, 4) is 0 Å². The maximum absolute atomic E-state index is 12.6. The van der Waals surface area contributed by atoms with Crippen molar-refractivity contribution >= 4 is 23.0 Å². The van der Waals surface area contributed by atoms with E-state index < -0.39 is 0 Å². The number of para-hydroxylation sites is 2. The molecule has 4 heteroatoms. The Morgan fingerprint density at radius 3 is 2.30 bits per heavy atom. The monoisotopic (exact) mass is 437 g/mol. The van der Waals surface area contributed by atoms with Crippen molar-refractivity contribution in [3.63, 3.8) is 0 Å². The van der Waals surface area contributed by atoms with Crippen LogP contribution in [0.5, 0.6) is 0 Å². The van der Waals surface area contributed by atoms with Crippen molar-refractivity contribution in [2.45, 2.75) is 47.2 Å². The molecule has 0 radical (unpaired) electrons. The van der Waals surface area contributed by atoms with Gasteiger partial charge in [-0.1, -0.05) is 48.5 Å². The number of hydrogen-bond donors (Lipinski definition) is 1. The van der Waals surface area contributed by atoms with E-state index in [-0.39, 0.29) is 11.9 Å². The van der Waals surface area contributed by atoms with Crippen LogP contribution < -0.4 is 5.32 Å². The highest BCUT2D eigenvalue weighted by atomic mass is 16.1. The lowest BCUT2D eigenvalue weighted by atomic mass is 9.94. The molecule has 0 saturated heterocycles. The molecule has 1 heterocycles. The van der Waals surface area contributed by atoms with Crippen molar-refractivity contribution in [1.29, 1.82) is 0 Å². The minimum Gasteiger partial charge on any atom is -0.343 e. The van der Waals surface area contributed by atoms with Gasteiger partial charge in [0.1, 0.15) is 5.82 Å². The molecule has 0 aliphatic carbocycles. The van der Waals surface area contributed by atoms with Gasteiger partial charge in [0.05, 0.1) is 17.1 Å². The molecule has 1 amide bonds. The van der Waals surface area contributed by atoms with E-state index in [1.54, 1.807) is 6.08 Å². The Labute approximate surface area is 196 Å². The van der Waals surface area contributed by atoms with Gasteiger partial charge in [-0.15, -0.1) is 0 Å². The van der Waals surface area contributed by atoms with E-state index in [9.17, 15) is 4.79 Å². The average molecular weight is 438 g/mol. The summed E-state index contributed by atoms with van der Waals surface area (Å²) in [5, 5.41) is 3.10. The molecule has 1 aromatic heterocycles. The van der Waals surface area contributed by atoms with Crippen molar-refractivity contribution in [2.75, 3.05) is 0 Å². The van der Waals surface area contributed by atoms with Gasteiger partial charge in [-0.2, -0.15) is 0 Å². The van der Waals surface area contributed by atoms with Crippen molar-refractivity contribution in [2.24, 2.45) is 0 Å². The zero-order valence-electron chi connectivity index (χ0n) is 20.0. The van der Waals surface area contributed by atoms with Crippen molar-refractivity contribution in [1.82, 2.24) is 14.9 Å². The summed E-state index contributed by atoms with van der Waals surface area (Å²) < 4.78 is 2.25. The van der Waals surface area contributed by atoms with E-state index in [1.165, 1.54) is 27.8 Å². The van der Waals surface area contributed by atoms with E-state index in [1.807, 2.05) is 61.5 Å².